The van der Waals surface area contributed by atoms with E-state index in [4.69, 9.17) is 29.2 Å². The molecule has 0 aliphatic heterocycles. The Bertz CT molecular complexity index is 804. The Morgan fingerprint density at radius 3 is 2.48 bits per heavy atom. The highest BCUT2D eigenvalue weighted by Gasteiger charge is 2.51. The van der Waals surface area contributed by atoms with Crippen LogP contribution in [0.25, 0.3) is 11.0 Å². The minimum Gasteiger partial charge on any atom is -0.477 e. The summed E-state index contributed by atoms with van der Waals surface area (Å²) in [4.78, 5) is 56.8. The second-order valence-corrected chi connectivity index (χ2v) is 8.47. The number of hydrogen-bond donors (Lipinski definition) is 5. The number of rotatable bonds is 8. The minimum atomic E-state index is -5.02. The third-order valence-electron chi connectivity index (χ3n) is 3.01. The van der Waals surface area contributed by atoms with Crippen LogP contribution in [-0.4, -0.2) is 52.8 Å². The molecule has 0 spiro atoms. The number of aromatic nitrogens is 2. The normalized spacial score (nSPS) is 13.2. The van der Waals surface area contributed by atoms with E-state index in [1.807, 2.05) is 24.3 Å². The lowest BCUT2D eigenvalue weighted by molar-refractivity contribution is 0.296. The monoisotopic (exact) mass is 390 g/mol. The van der Waals surface area contributed by atoms with Crippen molar-refractivity contribution in [2.24, 2.45) is 4.99 Å². The molecule has 5 N–H and O–H groups in total. The molecular formula is C13H18N3O7P2+. The molecule has 12 heteroatoms. The molecule has 2 rings (SSSR count). The van der Waals surface area contributed by atoms with Gasteiger partial charge in [0.1, 0.15) is 0 Å². The highest BCUT2D eigenvalue weighted by atomic mass is 31.3. The maximum Gasteiger partial charge on any atom is 0.469 e. The lowest BCUT2D eigenvalue weighted by Crippen LogP contribution is -2.07. The first-order valence-corrected chi connectivity index (χ1v) is 10.5. The summed E-state index contributed by atoms with van der Waals surface area (Å²) in [5.41, 5.74) is 1.45. The molecule has 0 aliphatic rings. The number of aliphatic imine (C=N–C) groups is 1. The SMILES string of the molecule is O=P(O)(O)C(=NCCCCOc1cnc2ccccc2n1)[P+](O)(O)O. The van der Waals surface area contributed by atoms with Crippen molar-refractivity contribution in [1.29, 1.82) is 0 Å². The average molecular weight is 390 g/mol. The van der Waals surface area contributed by atoms with E-state index in [0.29, 0.717) is 24.2 Å². The van der Waals surface area contributed by atoms with E-state index in [0.717, 1.165) is 5.52 Å². The summed E-state index contributed by atoms with van der Waals surface area (Å²) in [5, 5.41) is -1.28. The van der Waals surface area contributed by atoms with Gasteiger partial charge in [0.15, 0.2) is 0 Å². The third-order valence-corrected chi connectivity index (χ3v) is 5.94. The number of nitrogens with zero attached hydrogens (tertiary/aromatic N) is 3. The van der Waals surface area contributed by atoms with Gasteiger partial charge in [-0.15, -0.1) is 0 Å². The van der Waals surface area contributed by atoms with Crippen LogP contribution >= 0.6 is 15.5 Å². The van der Waals surface area contributed by atoms with Crippen LogP contribution in [0.4, 0.5) is 0 Å². The van der Waals surface area contributed by atoms with Crippen molar-refractivity contribution in [2.75, 3.05) is 13.2 Å². The molecule has 1 aromatic carbocycles. The summed E-state index contributed by atoms with van der Waals surface area (Å²) in [6.45, 7) is 0.169. The Morgan fingerprint density at radius 2 is 1.84 bits per heavy atom. The zero-order valence-corrected chi connectivity index (χ0v) is 14.8. The van der Waals surface area contributed by atoms with Crippen LogP contribution in [0.5, 0.6) is 5.88 Å². The average Bonchev–Trinajstić information content (AvgIpc) is 2.51. The van der Waals surface area contributed by atoms with Crippen molar-refractivity contribution in [2.45, 2.75) is 12.8 Å². The van der Waals surface area contributed by atoms with E-state index in [9.17, 15) is 4.57 Å². The van der Waals surface area contributed by atoms with E-state index in [1.165, 1.54) is 6.20 Å². The number of para-hydroxylation sites is 2. The predicted octanol–water partition coefficient (Wildman–Crippen LogP) is 1.06. The molecule has 25 heavy (non-hydrogen) atoms. The van der Waals surface area contributed by atoms with Crippen LogP contribution in [0.3, 0.4) is 0 Å². The maximum atomic E-state index is 11.1. The quantitative estimate of drug-likeness (QED) is 0.252. The van der Waals surface area contributed by atoms with Crippen molar-refractivity contribution in [1.82, 2.24) is 9.97 Å². The Kier molecular flexibility index (Phi) is 6.53. The van der Waals surface area contributed by atoms with Crippen LogP contribution in [0.1, 0.15) is 12.8 Å². The zero-order chi connectivity index (χ0) is 18.5. The van der Waals surface area contributed by atoms with Gasteiger partial charge in [0, 0.05) is 6.54 Å². The Hall–Kier alpha value is -1.51. The molecule has 10 nitrogen and oxygen atoms in total. The summed E-state index contributed by atoms with van der Waals surface area (Å²) in [6, 6.07) is 7.33. The first-order valence-electron chi connectivity index (χ1n) is 7.21. The Labute approximate surface area is 143 Å². The molecule has 0 atom stereocenters. The number of unbranched alkanes of at least 4 members (excludes halogenated alkanes) is 1. The van der Waals surface area contributed by atoms with Crippen LogP contribution in [0.15, 0.2) is 35.5 Å². The van der Waals surface area contributed by atoms with Crippen molar-refractivity contribution in [3.05, 3.63) is 30.5 Å². The summed E-state index contributed by atoms with van der Waals surface area (Å²) in [5.74, 6) is 0.351. The van der Waals surface area contributed by atoms with Crippen LogP contribution < -0.4 is 4.74 Å². The van der Waals surface area contributed by atoms with Gasteiger partial charge in [-0.3, -0.25) is 0 Å². The Balaban J connectivity index is 1.82. The highest BCUT2D eigenvalue weighted by molar-refractivity contribution is 8.00. The first-order chi connectivity index (χ1) is 11.7. The van der Waals surface area contributed by atoms with Gasteiger partial charge in [-0.1, -0.05) is 12.1 Å². The van der Waals surface area contributed by atoms with Crippen molar-refractivity contribution in [3.63, 3.8) is 0 Å². The molecule has 136 valence electrons. The third kappa shape index (κ3) is 6.05. The van der Waals surface area contributed by atoms with Gasteiger partial charge in [0.05, 0.1) is 23.8 Å². The molecule has 0 fully saturated rings. The summed E-state index contributed by atoms with van der Waals surface area (Å²) in [7, 11) is -9.86. The smallest absolute Gasteiger partial charge is 0.469 e. The van der Waals surface area contributed by atoms with Gasteiger partial charge in [-0.25, -0.2) is 19.5 Å². The van der Waals surface area contributed by atoms with Gasteiger partial charge >= 0.3 is 20.7 Å². The van der Waals surface area contributed by atoms with Crippen molar-refractivity contribution < 1.29 is 33.8 Å². The molecule has 0 aliphatic carbocycles. The van der Waals surface area contributed by atoms with Gasteiger partial charge in [-0.2, -0.15) is 14.7 Å². The molecule has 2 aromatic rings. The second-order valence-electron chi connectivity index (χ2n) is 5.05. The highest BCUT2D eigenvalue weighted by Crippen LogP contribution is 2.60. The number of benzene rings is 1. The predicted molar refractivity (Wildman–Crippen MR) is 92.2 cm³/mol. The number of hydrogen-bond acceptors (Lipinski definition) is 8. The van der Waals surface area contributed by atoms with Gasteiger partial charge in [0.25, 0.3) is 0 Å². The van der Waals surface area contributed by atoms with Crippen LogP contribution in [-0.2, 0) is 4.57 Å². The molecule has 0 saturated carbocycles. The molecule has 0 amide bonds. The topological polar surface area (TPSA) is 166 Å². The molecule has 0 unspecified atom stereocenters. The molecular weight excluding hydrogens is 372 g/mol. The molecule has 0 radical (unpaired) electrons. The fourth-order valence-electron chi connectivity index (χ4n) is 1.94. The van der Waals surface area contributed by atoms with E-state index >= 15 is 0 Å². The van der Waals surface area contributed by atoms with Crippen molar-refractivity contribution >= 4 is 31.8 Å². The second kappa shape index (κ2) is 8.25. The molecule has 1 aromatic heterocycles. The molecule has 0 bridgehead atoms. The standard InChI is InChI=1S/C13H17N3O7P2/c17-24(18,19)13(25(20,21)22)14-7-3-4-8-23-12-9-15-10-5-1-2-6-11(10)16-12/h1-2,5-6,9,17-19H,3-4,7-8H2,(H-,20,21,22)/p+1. The van der Waals surface area contributed by atoms with Gasteiger partial charge in [-0.05, 0) is 25.0 Å². The fraction of sp³-hybridized carbons (Fsp3) is 0.308. The lowest BCUT2D eigenvalue weighted by atomic mass is 10.3. The van der Waals surface area contributed by atoms with Crippen molar-refractivity contribution in [3.8, 4) is 5.88 Å². The maximum absolute atomic E-state index is 11.1. The fourth-order valence-corrected chi connectivity index (χ4v) is 3.91. The van der Waals surface area contributed by atoms with E-state index < -0.39 is 20.7 Å². The minimum absolute atomic E-state index is 0.101. The largest absolute Gasteiger partial charge is 0.477 e. The summed E-state index contributed by atoms with van der Waals surface area (Å²) in [6.07, 6.45) is 2.32. The number of fused-ring (bicyclic) bond motifs is 1. The Morgan fingerprint density at radius 1 is 1.16 bits per heavy atom. The van der Waals surface area contributed by atoms with E-state index in [-0.39, 0.29) is 13.2 Å². The summed E-state index contributed by atoms with van der Waals surface area (Å²) < 4.78 is 16.5. The zero-order valence-electron chi connectivity index (χ0n) is 13.0. The van der Waals surface area contributed by atoms with E-state index in [1.54, 1.807) is 0 Å². The van der Waals surface area contributed by atoms with Gasteiger partial charge < -0.3 is 14.5 Å². The first kappa shape index (κ1) is 19.8. The summed E-state index contributed by atoms with van der Waals surface area (Å²) >= 11 is 0. The van der Waals surface area contributed by atoms with Crippen LogP contribution in [0.2, 0.25) is 0 Å². The molecule has 1 heterocycles. The van der Waals surface area contributed by atoms with Gasteiger partial charge in [0.2, 0.25) is 5.88 Å². The van der Waals surface area contributed by atoms with E-state index in [2.05, 4.69) is 15.0 Å². The lowest BCUT2D eigenvalue weighted by Gasteiger charge is -2.08. The molecule has 0 saturated heterocycles. The van der Waals surface area contributed by atoms with Crippen LogP contribution in [0, 0.1) is 0 Å². The number of ether oxygens (including phenoxy) is 1.